The number of piperidine rings is 1. The average Bonchev–Trinajstić information content (AvgIpc) is 2.39. The summed E-state index contributed by atoms with van der Waals surface area (Å²) in [5.74, 6) is 0.252. The maximum Gasteiger partial charge on any atom is 0.235 e. The summed E-state index contributed by atoms with van der Waals surface area (Å²) in [6, 6.07) is 7.71. The topological polar surface area (TPSA) is 46.3 Å². The Hall–Kier alpha value is -1.16. The highest BCUT2D eigenvalue weighted by Gasteiger charge is 2.22. The molecule has 1 aliphatic heterocycles. The highest BCUT2D eigenvalue weighted by atomic mass is 32.2. The molecule has 1 heterocycles. The number of amides is 1. The fourth-order valence-electron chi connectivity index (χ4n) is 2.21. The van der Waals surface area contributed by atoms with Crippen molar-refractivity contribution in [2.45, 2.75) is 36.3 Å². The number of likely N-dealkylation sites (tertiary alicyclic amines) is 1. The van der Waals surface area contributed by atoms with Gasteiger partial charge in [-0.3, -0.25) is 4.79 Å². The summed E-state index contributed by atoms with van der Waals surface area (Å²) in [7, 11) is 0. The Labute approximate surface area is 113 Å². The van der Waals surface area contributed by atoms with Crippen LogP contribution in [0.5, 0.6) is 0 Å². The molecule has 1 unspecified atom stereocenters. The number of hydrogen-bond acceptors (Lipinski definition) is 3. The third-order valence-corrected chi connectivity index (χ3v) is 4.27. The van der Waals surface area contributed by atoms with Crippen molar-refractivity contribution in [3.63, 3.8) is 0 Å². The molecule has 0 aromatic heterocycles. The van der Waals surface area contributed by atoms with Crippen LogP contribution in [-0.2, 0) is 4.79 Å². The monoisotopic (exact) mass is 264 g/mol. The van der Waals surface area contributed by atoms with Crippen molar-refractivity contribution in [1.82, 2.24) is 4.90 Å². The lowest BCUT2D eigenvalue weighted by atomic mass is 10.1. The molecule has 0 radical (unpaired) electrons. The molecule has 98 valence electrons. The number of nitrogen functional groups attached to an aromatic ring is 1. The van der Waals surface area contributed by atoms with Crippen LogP contribution in [0.25, 0.3) is 0 Å². The van der Waals surface area contributed by atoms with E-state index in [1.54, 1.807) is 11.8 Å². The Balaban J connectivity index is 1.94. The van der Waals surface area contributed by atoms with Crippen LogP contribution in [-0.4, -0.2) is 29.1 Å². The molecule has 1 aliphatic rings. The van der Waals surface area contributed by atoms with E-state index in [1.807, 2.05) is 36.1 Å². The number of thioether (sulfide) groups is 1. The minimum atomic E-state index is -0.0371. The quantitative estimate of drug-likeness (QED) is 0.674. The lowest BCUT2D eigenvalue weighted by Crippen LogP contribution is -2.40. The van der Waals surface area contributed by atoms with Crippen molar-refractivity contribution >= 4 is 23.4 Å². The number of carbonyl (C=O) groups is 1. The minimum Gasteiger partial charge on any atom is -0.399 e. The molecule has 0 saturated carbocycles. The number of benzene rings is 1. The molecule has 1 atom stereocenters. The van der Waals surface area contributed by atoms with Gasteiger partial charge in [0.05, 0.1) is 5.25 Å². The summed E-state index contributed by atoms with van der Waals surface area (Å²) in [6.45, 7) is 3.81. The van der Waals surface area contributed by atoms with Crippen molar-refractivity contribution in [2.24, 2.45) is 0 Å². The molecule has 2 rings (SSSR count). The van der Waals surface area contributed by atoms with E-state index in [4.69, 9.17) is 5.73 Å². The predicted molar refractivity (Wildman–Crippen MR) is 76.6 cm³/mol. The summed E-state index contributed by atoms with van der Waals surface area (Å²) in [5, 5.41) is -0.0371. The van der Waals surface area contributed by atoms with Crippen LogP contribution >= 0.6 is 11.8 Å². The van der Waals surface area contributed by atoms with Crippen molar-refractivity contribution in [2.75, 3.05) is 18.8 Å². The third kappa shape index (κ3) is 3.42. The second-order valence-electron chi connectivity index (χ2n) is 4.72. The molecule has 0 spiro atoms. The number of anilines is 1. The van der Waals surface area contributed by atoms with Crippen LogP contribution in [0.15, 0.2) is 29.2 Å². The van der Waals surface area contributed by atoms with Gasteiger partial charge in [-0.1, -0.05) is 6.07 Å². The van der Waals surface area contributed by atoms with E-state index in [0.717, 1.165) is 36.5 Å². The molecule has 1 aromatic carbocycles. The highest BCUT2D eigenvalue weighted by molar-refractivity contribution is 8.00. The second-order valence-corrected chi connectivity index (χ2v) is 6.13. The molecule has 0 aliphatic carbocycles. The second kappa shape index (κ2) is 6.14. The summed E-state index contributed by atoms with van der Waals surface area (Å²) in [5.41, 5.74) is 6.49. The van der Waals surface area contributed by atoms with Crippen molar-refractivity contribution in [1.29, 1.82) is 0 Å². The molecule has 1 fully saturated rings. The molecule has 0 bridgehead atoms. The van der Waals surface area contributed by atoms with Gasteiger partial charge >= 0.3 is 0 Å². The average molecular weight is 264 g/mol. The maximum absolute atomic E-state index is 12.3. The van der Waals surface area contributed by atoms with Gasteiger partial charge in [-0.05, 0) is 44.4 Å². The van der Waals surface area contributed by atoms with Crippen molar-refractivity contribution < 1.29 is 4.79 Å². The third-order valence-electron chi connectivity index (χ3n) is 3.19. The number of rotatable bonds is 3. The van der Waals surface area contributed by atoms with Crippen molar-refractivity contribution in [3.05, 3.63) is 24.3 Å². The van der Waals surface area contributed by atoms with Gasteiger partial charge in [-0.15, -0.1) is 11.8 Å². The highest BCUT2D eigenvalue weighted by Crippen LogP contribution is 2.26. The Morgan fingerprint density at radius 2 is 2.06 bits per heavy atom. The van der Waals surface area contributed by atoms with E-state index in [-0.39, 0.29) is 11.2 Å². The summed E-state index contributed by atoms with van der Waals surface area (Å²) < 4.78 is 0. The van der Waals surface area contributed by atoms with Crippen LogP contribution in [0.4, 0.5) is 5.69 Å². The van der Waals surface area contributed by atoms with Gasteiger partial charge in [0.2, 0.25) is 5.91 Å². The number of carbonyl (C=O) groups excluding carboxylic acids is 1. The van der Waals surface area contributed by atoms with E-state index in [1.165, 1.54) is 6.42 Å². The first kappa shape index (κ1) is 13.3. The van der Waals surface area contributed by atoms with Gasteiger partial charge in [0, 0.05) is 23.7 Å². The summed E-state index contributed by atoms with van der Waals surface area (Å²) in [6.07, 6.45) is 3.53. The largest absolute Gasteiger partial charge is 0.399 e. The molecular weight excluding hydrogens is 244 g/mol. The van der Waals surface area contributed by atoms with Gasteiger partial charge in [0.1, 0.15) is 0 Å². The molecule has 18 heavy (non-hydrogen) atoms. The van der Waals surface area contributed by atoms with Gasteiger partial charge in [0.15, 0.2) is 0 Å². The van der Waals surface area contributed by atoms with Crippen LogP contribution in [0, 0.1) is 0 Å². The maximum atomic E-state index is 12.3. The van der Waals surface area contributed by atoms with E-state index in [0.29, 0.717) is 0 Å². The Morgan fingerprint density at radius 3 is 2.72 bits per heavy atom. The fraction of sp³-hybridized carbons (Fsp3) is 0.500. The SMILES string of the molecule is CC(Sc1cccc(N)c1)C(=O)N1CCCCC1. The first-order valence-corrected chi connectivity index (χ1v) is 7.36. The van der Waals surface area contributed by atoms with Gasteiger partial charge in [-0.2, -0.15) is 0 Å². The smallest absolute Gasteiger partial charge is 0.235 e. The van der Waals surface area contributed by atoms with E-state index in [2.05, 4.69) is 0 Å². The zero-order valence-corrected chi connectivity index (χ0v) is 11.6. The lowest BCUT2D eigenvalue weighted by molar-refractivity contribution is -0.131. The first-order valence-electron chi connectivity index (χ1n) is 6.48. The molecule has 3 nitrogen and oxygen atoms in total. The van der Waals surface area contributed by atoms with Crippen LogP contribution in [0.1, 0.15) is 26.2 Å². The molecule has 2 N–H and O–H groups in total. The number of hydrogen-bond donors (Lipinski definition) is 1. The summed E-state index contributed by atoms with van der Waals surface area (Å²) in [4.78, 5) is 15.3. The molecule has 4 heteroatoms. The molecule has 1 aromatic rings. The zero-order valence-electron chi connectivity index (χ0n) is 10.8. The Bertz CT molecular complexity index is 416. The number of nitrogens with two attached hydrogens (primary N) is 1. The van der Waals surface area contributed by atoms with Gasteiger partial charge < -0.3 is 10.6 Å². The predicted octanol–water partition coefficient (Wildman–Crippen LogP) is 2.76. The van der Waals surface area contributed by atoms with Crippen LogP contribution in [0.3, 0.4) is 0 Å². The van der Waals surface area contributed by atoms with Crippen LogP contribution in [0.2, 0.25) is 0 Å². The summed E-state index contributed by atoms with van der Waals surface area (Å²) >= 11 is 1.59. The first-order chi connectivity index (χ1) is 8.66. The lowest BCUT2D eigenvalue weighted by Gasteiger charge is -2.29. The minimum absolute atomic E-state index is 0.0371. The molecule has 1 saturated heterocycles. The Morgan fingerprint density at radius 1 is 1.33 bits per heavy atom. The van der Waals surface area contributed by atoms with E-state index >= 15 is 0 Å². The normalized spacial score (nSPS) is 17.5. The van der Waals surface area contributed by atoms with E-state index < -0.39 is 0 Å². The van der Waals surface area contributed by atoms with Gasteiger partial charge in [-0.25, -0.2) is 0 Å². The number of nitrogens with zero attached hydrogens (tertiary/aromatic N) is 1. The zero-order chi connectivity index (χ0) is 13.0. The molecular formula is C14H20N2OS. The van der Waals surface area contributed by atoms with Gasteiger partial charge in [0.25, 0.3) is 0 Å². The van der Waals surface area contributed by atoms with Crippen LogP contribution < -0.4 is 5.73 Å². The van der Waals surface area contributed by atoms with Crippen molar-refractivity contribution in [3.8, 4) is 0 Å². The van der Waals surface area contributed by atoms with E-state index in [9.17, 15) is 4.79 Å². The fourth-order valence-corrected chi connectivity index (χ4v) is 3.23. The molecule has 1 amide bonds. The standard InChI is InChI=1S/C14H20N2OS/c1-11(14(17)16-8-3-2-4-9-16)18-13-7-5-6-12(15)10-13/h5-7,10-11H,2-4,8-9,15H2,1H3. The Kier molecular flexibility index (Phi) is 4.53.